The molecule has 0 spiro atoms. The van der Waals surface area contributed by atoms with Gasteiger partial charge in [0.15, 0.2) is 0 Å². The van der Waals surface area contributed by atoms with E-state index in [1.165, 1.54) is 10.5 Å². The van der Waals surface area contributed by atoms with E-state index >= 15 is 0 Å². The second-order valence-corrected chi connectivity index (χ2v) is 8.02. The highest BCUT2D eigenvalue weighted by Gasteiger charge is 2.18. The molecule has 8 heteroatoms. The van der Waals surface area contributed by atoms with Crippen molar-refractivity contribution in [2.24, 2.45) is 0 Å². The third kappa shape index (κ3) is 5.26. The molecule has 0 saturated carbocycles. The number of benzene rings is 2. The van der Waals surface area contributed by atoms with Crippen molar-refractivity contribution in [3.8, 4) is 23.4 Å². The first-order valence-electron chi connectivity index (χ1n) is 11.3. The summed E-state index contributed by atoms with van der Waals surface area (Å²) >= 11 is 0. The second-order valence-electron chi connectivity index (χ2n) is 8.02. The molecular formula is C28H24N4O4. The summed E-state index contributed by atoms with van der Waals surface area (Å²) < 4.78 is 12.8. The molecule has 4 aromatic rings. The summed E-state index contributed by atoms with van der Waals surface area (Å²) in [5.74, 6) is 0.472. The van der Waals surface area contributed by atoms with Gasteiger partial charge < -0.3 is 14.8 Å². The Kier molecular flexibility index (Phi) is 7.12. The number of carbonyl (C=O) groups excluding carboxylic acids is 1. The molecule has 1 N–H and O–H groups in total. The van der Waals surface area contributed by atoms with E-state index in [4.69, 9.17) is 9.47 Å². The van der Waals surface area contributed by atoms with Gasteiger partial charge in [-0.3, -0.25) is 14.0 Å². The van der Waals surface area contributed by atoms with Crippen molar-refractivity contribution in [1.29, 1.82) is 5.26 Å². The van der Waals surface area contributed by atoms with Gasteiger partial charge in [-0.25, -0.2) is 0 Å². The molecule has 0 aliphatic heterocycles. The molecule has 2 aromatic heterocycles. The van der Waals surface area contributed by atoms with Gasteiger partial charge in [-0.2, -0.15) is 10.2 Å². The summed E-state index contributed by atoms with van der Waals surface area (Å²) in [6.07, 6.45) is 2.79. The van der Waals surface area contributed by atoms with Crippen molar-refractivity contribution in [3.63, 3.8) is 0 Å². The number of rotatable bonds is 7. The number of carbonyl (C=O) groups is 1. The number of nitrogens with zero attached hydrogens (tertiary/aromatic N) is 3. The van der Waals surface area contributed by atoms with Crippen LogP contribution in [0.3, 0.4) is 0 Å². The average Bonchev–Trinajstić information content (AvgIpc) is 2.86. The van der Waals surface area contributed by atoms with Crippen molar-refractivity contribution in [2.75, 3.05) is 11.9 Å². The Bertz CT molecular complexity index is 1560. The highest BCUT2D eigenvalue weighted by atomic mass is 16.5. The lowest BCUT2D eigenvalue weighted by molar-refractivity contribution is -0.112. The van der Waals surface area contributed by atoms with Crippen LogP contribution in [0.5, 0.6) is 17.4 Å². The van der Waals surface area contributed by atoms with E-state index in [1.807, 2.05) is 45.0 Å². The van der Waals surface area contributed by atoms with Crippen LogP contribution in [0.4, 0.5) is 5.69 Å². The minimum absolute atomic E-state index is 0.00140. The van der Waals surface area contributed by atoms with Crippen LogP contribution in [-0.2, 0) is 4.79 Å². The maximum atomic E-state index is 13.4. The van der Waals surface area contributed by atoms with E-state index in [0.717, 1.165) is 11.1 Å². The summed E-state index contributed by atoms with van der Waals surface area (Å²) in [4.78, 5) is 30.9. The van der Waals surface area contributed by atoms with Crippen molar-refractivity contribution < 1.29 is 14.3 Å². The van der Waals surface area contributed by atoms with E-state index in [1.54, 1.807) is 48.7 Å². The molecule has 0 radical (unpaired) electrons. The fraction of sp³-hybridized carbons (Fsp3) is 0.143. The molecule has 2 aromatic carbocycles. The van der Waals surface area contributed by atoms with Gasteiger partial charge in [0.25, 0.3) is 11.5 Å². The molecule has 0 unspecified atom stereocenters. The van der Waals surface area contributed by atoms with Gasteiger partial charge in [0.1, 0.15) is 34.4 Å². The first kappa shape index (κ1) is 24.2. The number of amides is 1. The summed E-state index contributed by atoms with van der Waals surface area (Å²) in [5.41, 5.74) is 1.87. The van der Waals surface area contributed by atoms with Gasteiger partial charge in [0, 0.05) is 11.9 Å². The molecule has 0 saturated heterocycles. The van der Waals surface area contributed by atoms with Crippen LogP contribution in [0, 0.1) is 25.2 Å². The number of aryl methyl sites for hydroxylation is 2. The lowest BCUT2D eigenvalue weighted by atomic mass is 10.1. The molecule has 1 amide bonds. The third-order valence-corrected chi connectivity index (χ3v) is 5.33. The summed E-state index contributed by atoms with van der Waals surface area (Å²) in [6.45, 7) is 6.15. The number of nitrogens with one attached hydrogen (secondary N) is 1. The molecule has 8 nitrogen and oxygen atoms in total. The predicted octanol–water partition coefficient (Wildman–Crippen LogP) is 5.05. The normalized spacial score (nSPS) is 11.1. The second kappa shape index (κ2) is 10.6. The Morgan fingerprint density at radius 3 is 2.58 bits per heavy atom. The maximum Gasteiger partial charge on any atom is 0.269 e. The fourth-order valence-electron chi connectivity index (χ4n) is 3.58. The van der Waals surface area contributed by atoms with Gasteiger partial charge >= 0.3 is 0 Å². The third-order valence-electron chi connectivity index (χ3n) is 5.33. The van der Waals surface area contributed by atoms with Crippen molar-refractivity contribution in [3.05, 3.63) is 99.5 Å². The zero-order valence-electron chi connectivity index (χ0n) is 20.1. The van der Waals surface area contributed by atoms with Crippen molar-refractivity contribution in [2.45, 2.75) is 20.8 Å². The summed E-state index contributed by atoms with van der Waals surface area (Å²) in [5, 5.41) is 12.4. The van der Waals surface area contributed by atoms with Gasteiger partial charge in [-0.1, -0.05) is 18.2 Å². The quantitative estimate of drug-likeness (QED) is 0.293. The monoisotopic (exact) mass is 480 g/mol. The number of hydrogen-bond acceptors (Lipinski definition) is 6. The Labute approximate surface area is 208 Å². The molecule has 180 valence electrons. The molecule has 0 fully saturated rings. The van der Waals surface area contributed by atoms with Crippen LogP contribution in [0.1, 0.15) is 23.6 Å². The minimum Gasteiger partial charge on any atom is -0.494 e. The molecule has 0 bridgehead atoms. The van der Waals surface area contributed by atoms with Crippen LogP contribution >= 0.6 is 0 Å². The molecule has 0 aliphatic rings. The van der Waals surface area contributed by atoms with E-state index in [2.05, 4.69) is 10.3 Å². The Hall–Kier alpha value is -4.90. The van der Waals surface area contributed by atoms with E-state index < -0.39 is 11.5 Å². The average molecular weight is 481 g/mol. The van der Waals surface area contributed by atoms with Gasteiger partial charge in [-0.15, -0.1) is 0 Å². The Morgan fingerprint density at radius 1 is 1.11 bits per heavy atom. The number of aromatic nitrogens is 2. The molecule has 2 heterocycles. The highest BCUT2D eigenvalue weighted by Crippen LogP contribution is 2.25. The predicted molar refractivity (Wildman–Crippen MR) is 137 cm³/mol. The van der Waals surface area contributed by atoms with Gasteiger partial charge in [0.05, 0.1) is 6.61 Å². The van der Waals surface area contributed by atoms with Gasteiger partial charge in [0.2, 0.25) is 5.88 Å². The number of pyridine rings is 1. The molecule has 4 rings (SSSR count). The lowest BCUT2D eigenvalue weighted by Crippen LogP contribution is -2.20. The number of hydrogen-bond donors (Lipinski definition) is 1. The summed E-state index contributed by atoms with van der Waals surface area (Å²) in [7, 11) is 0. The number of anilines is 1. The van der Waals surface area contributed by atoms with Crippen LogP contribution in [0.25, 0.3) is 11.7 Å². The molecule has 36 heavy (non-hydrogen) atoms. The highest BCUT2D eigenvalue weighted by molar-refractivity contribution is 6.09. The molecule has 0 aliphatic carbocycles. The zero-order chi connectivity index (χ0) is 25.7. The van der Waals surface area contributed by atoms with Crippen LogP contribution in [0.15, 0.2) is 77.2 Å². The SMILES string of the molecule is CCOc1ccc(NC(=O)C(C#N)=Cc2c(Oc3cccc(C)c3)nc3c(C)cccn3c2=O)cc1. The topological polar surface area (TPSA) is 106 Å². The fourth-order valence-corrected chi connectivity index (χ4v) is 3.58. The first-order valence-corrected chi connectivity index (χ1v) is 11.3. The largest absolute Gasteiger partial charge is 0.494 e. The van der Waals surface area contributed by atoms with Crippen LogP contribution in [0.2, 0.25) is 0 Å². The van der Waals surface area contributed by atoms with E-state index in [0.29, 0.717) is 29.4 Å². The van der Waals surface area contributed by atoms with E-state index in [9.17, 15) is 14.9 Å². The summed E-state index contributed by atoms with van der Waals surface area (Å²) in [6, 6.07) is 19.5. The number of nitriles is 1. The number of ether oxygens (including phenoxy) is 2. The van der Waals surface area contributed by atoms with Gasteiger partial charge in [-0.05, 0) is 80.4 Å². The first-order chi connectivity index (χ1) is 17.4. The minimum atomic E-state index is -0.670. The Morgan fingerprint density at radius 2 is 1.89 bits per heavy atom. The van der Waals surface area contributed by atoms with Crippen LogP contribution in [-0.4, -0.2) is 21.9 Å². The zero-order valence-corrected chi connectivity index (χ0v) is 20.1. The van der Waals surface area contributed by atoms with Crippen LogP contribution < -0.4 is 20.3 Å². The smallest absolute Gasteiger partial charge is 0.269 e. The van der Waals surface area contributed by atoms with E-state index in [-0.39, 0.29) is 17.0 Å². The Balaban J connectivity index is 1.77. The molecule has 0 atom stereocenters. The maximum absolute atomic E-state index is 13.4. The van der Waals surface area contributed by atoms with Crippen molar-refractivity contribution >= 4 is 23.3 Å². The lowest BCUT2D eigenvalue weighted by Gasteiger charge is -2.12. The molecular weight excluding hydrogens is 456 g/mol. The number of fused-ring (bicyclic) bond motifs is 1. The van der Waals surface area contributed by atoms with Crippen molar-refractivity contribution in [1.82, 2.24) is 9.38 Å². The standard InChI is InChI=1S/C28H24N4O4/c1-4-35-22-12-10-21(11-13-22)30-26(33)20(17-29)16-24-27(36-23-9-5-7-18(2)15-23)31-25-19(3)8-6-14-32(25)28(24)34/h5-16H,4H2,1-3H3,(H,30,33).